The fraction of sp³-hybridized carbons (Fsp3) is 0.562. The average Bonchev–Trinajstić information content (AvgIpc) is 3.29. The molecule has 1 aliphatic rings. The normalized spacial score (nSPS) is 17.6. The molecule has 0 aliphatic heterocycles. The summed E-state index contributed by atoms with van der Waals surface area (Å²) in [7, 11) is 2.04. The maximum absolute atomic E-state index is 10.0. The van der Waals surface area contributed by atoms with E-state index in [0.29, 0.717) is 23.9 Å². The molecule has 0 aromatic heterocycles. The molecule has 1 N–H and O–H groups in total. The molecule has 4 nitrogen and oxygen atoms in total. The van der Waals surface area contributed by atoms with Crippen molar-refractivity contribution in [1.29, 1.82) is 5.26 Å². The Bertz CT molecular complexity index is 480. The summed E-state index contributed by atoms with van der Waals surface area (Å²) in [5.41, 5.74) is 0.499. The monoisotopic (exact) mass is 274 g/mol. The second kappa shape index (κ2) is 6.74. The van der Waals surface area contributed by atoms with E-state index >= 15 is 0 Å². The summed E-state index contributed by atoms with van der Waals surface area (Å²) in [5.74, 6) is 1.32. The van der Waals surface area contributed by atoms with Crippen LogP contribution in [0.15, 0.2) is 24.3 Å². The Morgan fingerprint density at radius 3 is 2.80 bits per heavy atom. The molecule has 1 aliphatic carbocycles. The van der Waals surface area contributed by atoms with E-state index in [1.54, 1.807) is 18.2 Å². The zero-order valence-corrected chi connectivity index (χ0v) is 12.1. The van der Waals surface area contributed by atoms with Gasteiger partial charge in [-0.2, -0.15) is 5.26 Å². The first-order valence-electron chi connectivity index (χ1n) is 7.12. The minimum Gasteiger partial charge on any atom is -0.489 e. The molecule has 2 unspecified atom stereocenters. The van der Waals surface area contributed by atoms with Crippen LogP contribution in [0.3, 0.4) is 0 Å². The second-order valence-corrected chi connectivity index (χ2v) is 5.59. The number of rotatable bonds is 7. The van der Waals surface area contributed by atoms with Gasteiger partial charge < -0.3 is 14.7 Å². The number of aliphatic hydroxyl groups is 1. The highest BCUT2D eigenvalue weighted by atomic mass is 16.5. The van der Waals surface area contributed by atoms with Gasteiger partial charge in [0.15, 0.2) is 0 Å². The molecule has 108 valence electrons. The van der Waals surface area contributed by atoms with Crippen LogP contribution in [0.2, 0.25) is 0 Å². The molecule has 2 atom stereocenters. The van der Waals surface area contributed by atoms with Crippen LogP contribution in [-0.2, 0) is 0 Å². The Hall–Kier alpha value is -1.57. The molecule has 0 saturated heterocycles. The Morgan fingerprint density at radius 1 is 1.45 bits per heavy atom. The van der Waals surface area contributed by atoms with Gasteiger partial charge in [-0.25, -0.2) is 0 Å². The van der Waals surface area contributed by atoms with E-state index in [9.17, 15) is 5.11 Å². The SMILES string of the molecule is CC(C1CC1)N(C)CC(O)COc1ccccc1C#N. The van der Waals surface area contributed by atoms with Crippen LogP contribution >= 0.6 is 0 Å². The molecule has 0 heterocycles. The van der Waals surface area contributed by atoms with Gasteiger partial charge in [0.05, 0.1) is 5.56 Å². The largest absolute Gasteiger partial charge is 0.489 e. The lowest BCUT2D eigenvalue weighted by atomic mass is 10.2. The summed E-state index contributed by atoms with van der Waals surface area (Å²) >= 11 is 0. The third-order valence-electron chi connectivity index (χ3n) is 3.94. The molecule has 0 amide bonds. The topological polar surface area (TPSA) is 56.5 Å². The number of hydrogen-bond acceptors (Lipinski definition) is 4. The fourth-order valence-corrected chi connectivity index (χ4v) is 2.36. The van der Waals surface area contributed by atoms with E-state index in [0.717, 1.165) is 5.92 Å². The third-order valence-corrected chi connectivity index (χ3v) is 3.94. The molecule has 0 radical (unpaired) electrons. The van der Waals surface area contributed by atoms with Crippen molar-refractivity contribution in [2.45, 2.75) is 31.9 Å². The lowest BCUT2D eigenvalue weighted by Gasteiger charge is -2.27. The summed E-state index contributed by atoms with van der Waals surface area (Å²) in [5, 5.41) is 19.0. The highest BCUT2D eigenvalue weighted by molar-refractivity contribution is 5.42. The van der Waals surface area contributed by atoms with E-state index < -0.39 is 6.10 Å². The molecular formula is C16H22N2O2. The molecular weight excluding hydrogens is 252 g/mol. The maximum atomic E-state index is 10.0. The molecule has 1 saturated carbocycles. The quantitative estimate of drug-likeness (QED) is 0.826. The Labute approximate surface area is 120 Å². The summed E-state index contributed by atoms with van der Waals surface area (Å²) in [6, 6.07) is 9.68. The zero-order valence-electron chi connectivity index (χ0n) is 12.1. The van der Waals surface area contributed by atoms with Crippen molar-refractivity contribution in [1.82, 2.24) is 4.90 Å². The van der Waals surface area contributed by atoms with Gasteiger partial charge in [0.2, 0.25) is 0 Å². The number of nitrogens with zero attached hydrogens (tertiary/aromatic N) is 2. The van der Waals surface area contributed by atoms with Crippen molar-refractivity contribution >= 4 is 0 Å². The van der Waals surface area contributed by atoms with Gasteiger partial charge in [-0.15, -0.1) is 0 Å². The predicted molar refractivity (Wildman–Crippen MR) is 77.5 cm³/mol. The Balaban J connectivity index is 1.79. The van der Waals surface area contributed by atoms with Crippen molar-refractivity contribution in [3.63, 3.8) is 0 Å². The molecule has 4 heteroatoms. The molecule has 1 fully saturated rings. The first kappa shape index (κ1) is 14.8. The first-order valence-corrected chi connectivity index (χ1v) is 7.12. The number of hydrogen-bond donors (Lipinski definition) is 1. The van der Waals surface area contributed by atoms with Crippen LogP contribution in [0.25, 0.3) is 0 Å². The van der Waals surface area contributed by atoms with Gasteiger partial charge >= 0.3 is 0 Å². The van der Waals surface area contributed by atoms with Gasteiger partial charge in [0, 0.05) is 12.6 Å². The van der Waals surface area contributed by atoms with Crippen LogP contribution in [0.4, 0.5) is 0 Å². The lowest BCUT2D eigenvalue weighted by molar-refractivity contribution is 0.0622. The molecule has 2 rings (SSSR count). The van der Waals surface area contributed by atoms with Gasteiger partial charge in [0.25, 0.3) is 0 Å². The second-order valence-electron chi connectivity index (χ2n) is 5.59. The van der Waals surface area contributed by atoms with Gasteiger partial charge in [0.1, 0.15) is 24.5 Å². The van der Waals surface area contributed by atoms with E-state index in [1.807, 2.05) is 13.1 Å². The van der Waals surface area contributed by atoms with E-state index in [2.05, 4.69) is 17.9 Å². The van der Waals surface area contributed by atoms with Crippen LogP contribution in [0, 0.1) is 17.2 Å². The van der Waals surface area contributed by atoms with Gasteiger partial charge in [-0.3, -0.25) is 0 Å². The van der Waals surface area contributed by atoms with E-state index in [-0.39, 0.29) is 6.61 Å². The minimum absolute atomic E-state index is 0.209. The number of para-hydroxylation sites is 1. The lowest BCUT2D eigenvalue weighted by Crippen LogP contribution is -2.39. The number of ether oxygens (including phenoxy) is 1. The highest BCUT2D eigenvalue weighted by Gasteiger charge is 2.31. The minimum atomic E-state index is -0.548. The molecule has 0 spiro atoms. The van der Waals surface area contributed by atoms with Crippen LogP contribution in [0.1, 0.15) is 25.3 Å². The summed E-state index contributed by atoms with van der Waals surface area (Å²) < 4.78 is 5.55. The van der Waals surface area contributed by atoms with Gasteiger partial charge in [-0.1, -0.05) is 12.1 Å². The summed E-state index contributed by atoms with van der Waals surface area (Å²) in [6.45, 7) is 3.00. The Morgan fingerprint density at radius 2 is 2.15 bits per heavy atom. The molecule has 1 aromatic rings. The standard InChI is InChI=1S/C16H22N2O2/c1-12(13-7-8-13)18(2)10-15(19)11-20-16-6-4-3-5-14(16)9-17/h3-6,12-13,15,19H,7-8,10-11H2,1-2H3. The van der Waals surface area contributed by atoms with Crippen molar-refractivity contribution < 1.29 is 9.84 Å². The molecule has 1 aromatic carbocycles. The summed E-state index contributed by atoms with van der Waals surface area (Å²) in [6.07, 6.45) is 2.05. The van der Waals surface area contributed by atoms with E-state index in [1.165, 1.54) is 12.8 Å². The van der Waals surface area contributed by atoms with Crippen molar-refractivity contribution in [3.8, 4) is 11.8 Å². The van der Waals surface area contributed by atoms with Gasteiger partial charge in [-0.05, 0) is 44.9 Å². The highest BCUT2D eigenvalue weighted by Crippen LogP contribution is 2.34. The molecule has 20 heavy (non-hydrogen) atoms. The molecule has 0 bridgehead atoms. The number of benzene rings is 1. The third kappa shape index (κ3) is 3.96. The van der Waals surface area contributed by atoms with Crippen molar-refractivity contribution in [2.75, 3.05) is 20.2 Å². The Kier molecular flexibility index (Phi) is 4.99. The first-order chi connectivity index (χ1) is 9.61. The maximum Gasteiger partial charge on any atom is 0.137 e. The number of likely N-dealkylation sites (N-methyl/N-ethyl adjacent to an activating group) is 1. The average molecular weight is 274 g/mol. The van der Waals surface area contributed by atoms with Crippen LogP contribution in [0.5, 0.6) is 5.75 Å². The predicted octanol–water partition coefficient (Wildman–Crippen LogP) is 2.03. The van der Waals surface area contributed by atoms with Crippen molar-refractivity contribution in [3.05, 3.63) is 29.8 Å². The van der Waals surface area contributed by atoms with E-state index in [4.69, 9.17) is 10.00 Å². The van der Waals surface area contributed by atoms with Crippen molar-refractivity contribution in [2.24, 2.45) is 5.92 Å². The fourth-order valence-electron chi connectivity index (χ4n) is 2.36. The van der Waals surface area contributed by atoms with Crippen LogP contribution < -0.4 is 4.74 Å². The number of aliphatic hydroxyl groups excluding tert-OH is 1. The van der Waals surface area contributed by atoms with Crippen LogP contribution in [-0.4, -0.2) is 42.4 Å². The zero-order chi connectivity index (χ0) is 14.5. The summed E-state index contributed by atoms with van der Waals surface area (Å²) in [4.78, 5) is 2.18. The number of nitriles is 1. The smallest absolute Gasteiger partial charge is 0.137 e.